The molecule has 15 heavy (non-hydrogen) atoms. The van der Waals surface area contributed by atoms with Crippen LogP contribution in [0.4, 0.5) is 0 Å². The van der Waals surface area contributed by atoms with Crippen LogP contribution >= 0.6 is 11.6 Å². The van der Waals surface area contributed by atoms with Gasteiger partial charge in [0.15, 0.2) is 0 Å². The van der Waals surface area contributed by atoms with Crippen molar-refractivity contribution in [2.45, 2.75) is 6.54 Å². The van der Waals surface area contributed by atoms with Crippen molar-refractivity contribution in [1.29, 1.82) is 0 Å². The van der Waals surface area contributed by atoms with E-state index < -0.39 is 0 Å². The molecule has 1 heterocycles. The lowest BCUT2D eigenvalue weighted by atomic mass is 10.2. The average molecular weight is 223 g/mol. The molecule has 1 aromatic heterocycles. The third-order valence-electron chi connectivity index (χ3n) is 2.14. The molecule has 78 valence electrons. The molecule has 1 aromatic carbocycles. The van der Waals surface area contributed by atoms with Crippen LogP contribution in [0.3, 0.4) is 0 Å². The van der Waals surface area contributed by atoms with E-state index in [1.165, 1.54) is 0 Å². The van der Waals surface area contributed by atoms with Gasteiger partial charge in [0.05, 0.1) is 13.7 Å². The summed E-state index contributed by atoms with van der Waals surface area (Å²) in [7, 11) is 1.64. The van der Waals surface area contributed by atoms with Gasteiger partial charge in [-0.2, -0.15) is 5.10 Å². The summed E-state index contributed by atoms with van der Waals surface area (Å²) in [6.07, 6.45) is 3.64. The van der Waals surface area contributed by atoms with E-state index in [2.05, 4.69) is 5.10 Å². The van der Waals surface area contributed by atoms with E-state index in [0.29, 0.717) is 6.54 Å². The second kappa shape index (κ2) is 4.36. The highest BCUT2D eigenvalue weighted by Gasteiger charge is 2.03. The number of aromatic nitrogens is 2. The van der Waals surface area contributed by atoms with Crippen molar-refractivity contribution in [2.24, 2.45) is 0 Å². The fraction of sp³-hybridized carbons (Fsp3) is 0.182. The topological polar surface area (TPSA) is 27.1 Å². The Morgan fingerprint density at radius 2 is 2.33 bits per heavy atom. The molecule has 0 N–H and O–H groups in total. The zero-order valence-corrected chi connectivity index (χ0v) is 9.11. The molecule has 0 amide bonds. The Morgan fingerprint density at radius 1 is 1.47 bits per heavy atom. The summed E-state index contributed by atoms with van der Waals surface area (Å²) in [5.41, 5.74) is 1.000. The summed E-state index contributed by atoms with van der Waals surface area (Å²) in [6, 6.07) is 7.48. The molecule has 0 spiro atoms. The third-order valence-corrected chi connectivity index (χ3v) is 2.51. The molecule has 0 saturated heterocycles. The van der Waals surface area contributed by atoms with Crippen LogP contribution in [0.25, 0.3) is 0 Å². The number of hydrogen-bond acceptors (Lipinski definition) is 2. The molecule has 0 fully saturated rings. The van der Waals surface area contributed by atoms with Gasteiger partial charge in [0.25, 0.3) is 0 Å². The highest BCUT2D eigenvalue weighted by atomic mass is 35.5. The molecule has 0 aliphatic carbocycles. The van der Waals surface area contributed by atoms with Crippen LogP contribution < -0.4 is 4.74 Å². The monoisotopic (exact) mass is 222 g/mol. The van der Waals surface area contributed by atoms with Crippen molar-refractivity contribution in [1.82, 2.24) is 9.78 Å². The van der Waals surface area contributed by atoms with Crippen LogP contribution in [0.1, 0.15) is 5.56 Å². The number of nitrogens with zero attached hydrogens (tertiary/aromatic N) is 2. The first-order valence-electron chi connectivity index (χ1n) is 4.59. The zero-order valence-electron chi connectivity index (χ0n) is 8.35. The minimum atomic E-state index is 0.656. The lowest BCUT2D eigenvalue weighted by molar-refractivity contribution is 0.414. The highest BCUT2D eigenvalue weighted by Crippen LogP contribution is 2.22. The van der Waals surface area contributed by atoms with Gasteiger partial charge in [-0.1, -0.05) is 11.6 Å². The second-order valence-electron chi connectivity index (χ2n) is 3.16. The summed E-state index contributed by atoms with van der Waals surface area (Å²) in [5.74, 6) is 0.807. The largest absolute Gasteiger partial charge is 0.497 e. The van der Waals surface area contributed by atoms with Crippen molar-refractivity contribution in [3.63, 3.8) is 0 Å². The van der Waals surface area contributed by atoms with Gasteiger partial charge in [-0.15, -0.1) is 0 Å². The Hall–Kier alpha value is -1.48. The van der Waals surface area contributed by atoms with E-state index in [-0.39, 0.29) is 0 Å². The Morgan fingerprint density at radius 3 is 3.00 bits per heavy atom. The summed E-state index contributed by atoms with van der Waals surface area (Å²) < 4.78 is 6.96. The zero-order chi connectivity index (χ0) is 10.7. The molecule has 0 aliphatic rings. The minimum Gasteiger partial charge on any atom is -0.497 e. The van der Waals surface area contributed by atoms with Crippen molar-refractivity contribution < 1.29 is 4.74 Å². The van der Waals surface area contributed by atoms with E-state index in [1.807, 2.05) is 35.1 Å². The van der Waals surface area contributed by atoms with Gasteiger partial charge < -0.3 is 4.74 Å². The lowest BCUT2D eigenvalue weighted by Crippen LogP contribution is -2.00. The van der Waals surface area contributed by atoms with Crippen LogP contribution in [0.15, 0.2) is 36.7 Å². The Bertz CT molecular complexity index is 440. The van der Waals surface area contributed by atoms with E-state index in [1.54, 1.807) is 13.3 Å². The van der Waals surface area contributed by atoms with Crippen molar-refractivity contribution in [2.75, 3.05) is 7.11 Å². The van der Waals surface area contributed by atoms with Gasteiger partial charge in [0.1, 0.15) is 5.75 Å². The number of hydrogen-bond donors (Lipinski definition) is 0. The molecule has 2 rings (SSSR count). The Balaban J connectivity index is 2.27. The SMILES string of the molecule is COc1ccc(Cl)c(Cn2cccn2)c1. The Labute approximate surface area is 93.2 Å². The standard InChI is InChI=1S/C11H11ClN2O/c1-15-10-3-4-11(12)9(7-10)8-14-6-2-5-13-14/h2-7H,8H2,1H3. The number of rotatable bonds is 3. The lowest BCUT2D eigenvalue weighted by Gasteiger charge is -2.07. The number of halogens is 1. The molecular formula is C11H11ClN2O. The first kappa shape index (κ1) is 10.1. The fourth-order valence-electron chi connectivity index (χ4n) is 1.37. The van der Waals surface area contributed by atoms with Gasteiger partial charge in [-0.05, 0) is 29.8 Å². The van der Waals surface area contributed by atoms with Crippen LogP contribution in [0, 0.1) is 0 Å². The molecule has 3 nitrogen and oxygen atoms in total. The van der Waals surface area contributed by atoms with E-state index in [9.17, 15) is 0 Å². The maximum atomic E-state index is 6.07. The van der Waals surface area contributed by atoms with E-state index in [4.69, 9.17) is 16.3 Å². The number of ether oxygens (including phenoxy) is 1. The van der Waals surface area contributed by atoms with Crippen LogP contribution in [0.2, 0.25) is 5.02 Å². The predicted molar refractivity (Wildman–Crippen MR) is 59.3 cm³/mol. The molecule has 0 atom stereocenters. The normalized spacial score (nSPS) is 10.3. The number of benzene rings is 1. The van der Waals surface area contributed by atoms with E-state index >= 15 is 0 Å². The van der Waals surface area contributed by atoms with Gasteiger partial charge in [0.2, 0.25) is 0 Å². The molecule has 0 radical (unpaired) electrons. The first-order valence-corrected chi connectivity index (χ1v) is 4.97. The number of methoxy groups -OCH3 is 1. The van der Waals surface area contributed by atoms with E-state index in [0.717, 1.165) is 16.3 Å². The molecule has 0 saturated carbocycles. The van der Waals surface area contributed by atoms with Crippen LogP contribution in [-0.4, -0.2) is 16.9 Å². The molecule has 4 heteroatoms. The van der Waals surface area contributed by atoms with Crippen molar-refractivity contribution >= 4 is 11.6 Å². The second-order valence-corrected chi connectivity index (χ2v) is 3.57. The molecule has 2 aromatic rings. The highest BCUT2D eigenvalue weighted by molar-refractivity contribution is 6.31. The minimum absolute atomic E-state index is 0.656. The van der Waals surface area contributed by atoms with Crippen LogP contribution in [-0.2, 0) is 6.54 Å². The molecule has 0 bridgehead atoms. The van der Waals surface area contributed by atoms with Crippen molar-refractivity contribution in [3.8, 4) is 5.75 Å². The molecule has 0 unspecified atom stereocenters. The Kier molecular flexibility index (Phi) is 2.92. The summed E-state index contributed by atoms with van der Waals surface area (Å²) >= 11 is 6.07. The molecular weight excluding hydrogens is 212 g/mol. The summed E-state index contributed by atoms with van der Waals surface area (Å²) in [5, 5.41) is 4.85. The molecule has 0 aliphatic heterocycles. The maximum Gasteiger partial charge on any atom is 0.119 e. The smallest absolute Gasteiger partial charge is 0.119 e. The van der Waals surface area contributed by atoms with Crippen LogP contribution in [0.5, 0.6) is 5.75 Å². The summed E-state index contributed by atoms with van der Waals surface area (Å²) in [6.45, 7) is 0.656. The summed E-state index contributed by atoms with van der Waals surface area (Å²) in [4.78, 5) is 0. The average Bonchev–Trinajstić information content (AvgIpc) is 2.74. The van der Waals surface area contributed by atoms with Gasteiger partial charge >= 0.3 is 0 Å². The quantitative estimate of drug-likeness (QED) is 0.798. The predicted octanol–water partition coefficient (Wildman–Crippen LogP) is 2.59. The van der Waals surface area contributed by atoms with Crippen molar-refractivity contribution in [3.05, 3.63) is 47.2 Å². The van der Waals surface area contributed by atoms with Gasteiger partial charge in [-0.25, -0.2) is 0 Å². The van der Waals surface area contributed by atoms with Gasteiger partial charge in [-0.3, -0.25) is 4.68 Å². The first-order chi connectivity index (χ1) is 7.29. The van der Waals surface area contributed by atoms with Gasteiger partial charge in [0, 0.05) is 17.4 Å². The fourth-order valence-corrected chi connectivity index (χ4v) is 1.55. The maximum absolute atomic E-state index is 6.07. The third kappa shape index (κ3) is 2.30.